The van der Waals surface area contributed by atoms with E-state index in [1.807, 2.05) is 0 Å². The molecule has 0 aromatic rings. The molecule has 1 saturated heterocycles. The highest BCUT2D eigenvalue weighted by Crippen LogP contribution is 2.37. The van der Waals surface area contributed by atoms with Gasteiger partial charge in [-0.3, -0.25) is 19.9 Å². The fourth-order valence-electron chi connectivity index (χ4n) is 2.76. The quantitative estimate of drug-likeness (QED) is 0.465. The average Bonchev–Trinajstić information content (AvgIpc) is 2.64. The van der Waals surface area contributed by atoms with Crippen molar-refractivity contribution in [3.63, 3.8) is 0 Å². The van der Waals surface area contributed by atoms with Gasteiger partial charge in [0.15, 0.2) is 0 Å². The van der Waals surface area contributed by atoms with Crippen LogP contribution in [0.15, 0.2) is 12.7 Å². The van der Waals surface area contributed by atoms with Gasteiger partial charge in [-0.1, -0.05) is 19.4 Å². The zero-order valence-corrected chi connectivity index (χ0v) is 10.4. The predicted octanol–water partition coefficient (Wildman–Crippen LogP) is 1.34. The van der Waals surface area contributed by atoms with E-state index in [1.54, 1.807) is 0 Å². The normalized spacial score (nSPS) is 27.0. The summed E-state index contributed by atoms with van der Waals surface area (Å²) in [5, 5.41) is 7.24. The molecule has 0 aromatic carbocycles. The van der Waals surface area contributed by atoms with E-state index in [4.69, 9.17) is 10.1 Å². The third kappa shape index (κ3) is 2.30. The number of ether oxygens (including phenoxy) is 1. The molecule has 18 heavy (non-hydrogen) atoms. The van der Waals surface area contributed by atoms with Gasteiger partial charge in [-0.15, -0.1) is 0 Å². The van der Waals surface area contributed by atoms with E-state index in [-0.39, 0.29) is 42.7 Å². The molecule has 2 amide bonds. The van der Waals surface area contributed by atoms with E-state index in [1.165, 1.54) is 11.0 Å². The van der Waals surface area contributed by atoms with Crippen molar-refractivity contribution in [3.8, 4) is 0 Å². The van der Waals surface area contributed by atoms with Gasteiger partial charge in [-0.25, -0.2) is 0 Å². The number of likely N-dealkylation sites (tertiary alicyclic amines) is 1. The van der Waals surface area contributed by atoms with Gasteiger partial charge in [0.25, 0.3) is 0 Å². The predicted molar refractivity (Wildman–Crippen MR) is 66.0 cm³/mol. The number of nitrogens with zero attached hydrogens (tertiary/aromatic N) is 1. The largest absolute Gasteiger partial charge is 0.476 e. The number of carbonyl (C=O) groups excluding carboxylic acids is 2. The Morgan fingerprint density at radius 3 is 2.39 bits per heavy atom. The van der Waals surface area contributed by atoms with Crippen LogP contribution < -0.4 is 0 Å². The highest BCUT2D eigenvalue weighted by molar-refractivity contribution is 6.05. The zero-order chi connectivity index (χ0) is 13.1. The summed E-state index contributed by atoms with van der Waals surface area (Å²) in [7, 11) is 0. The fourth-order valence-corrected chi connectivity index (χ4v) is 2.76. The van der Waals surface area contributed by atoms with Crippen molar-refractivity contribution in [1.82, 2.24) is 4.90 Å². The molecule has 0 aromatic heterocycles. The Bertz CT molecular complexity index is 368. The van der Waals surface area contributed by atoms with Crippen LogP contribution >= 0.6 is 0 Å². The number of nitrogens with one attached hydrogen (secondary N) is 1. The maximum Gasteiger partial charge on any atom is 0.233 e. The van der Waals surface area contributed by atoms with Gasteiger partial charge in [0.1, 0.15) is 6.61 Å². The molecular formula is C13H18N2O3. The third-order valence-corrected chi connectivity index (χ3v) is 3.69. The second kappa shape index (κ2) is 5.33. The molecule has 1 aliphatic heterocycles. The molecule has 1 heterocycles. The van der Waals surface area contributed by atoms with Crippen LogP contribution in [0.5, 0.6) is 0 Å². The van der Waals surface area contributed by atoms with E-state index in [2.05, 4.69) is 6.58 Å². The summed E-state index contributed by atoms with van der Waals surface area (Å²) in [4.78, 5) is 25.4. The molecule has 2 atom stereocenters. The topological polar surface area (TPSA) is 70.5 Å². The Hall–Kier alpha value is -1.65. The SMILES string of the molecule is C=CC(=N)OCCN1C(=O)C2CCCCC2C1=O. The second-order valence-electron chi connectivity index (χ2n) is 4.74. The van der Waals surface area contributed by atoms with Gasteiger partial charge in [0.2, 0.25) is 17.7 Å². The zero-order valence-electron chi connectivity index (χ0n) is 10.4. The lowest BCUT2D eigenvalue weighted by Crippen LogP contribution is -2.34. The molecule has 1 aliphatic carbocycles. The van der Waals surface area contributed by atoms with E-state index >= 15 is 0 Å². The Morgan fingerprint density at radius 1 is 1.33 bits per heavy atom. The number of amides is 2. The van der Waals surface area contributed by atoms with Gasteiger partial charge in [-0.2, -0.15) is 0 Å². The minimum Gasteiger partial charge on any atom is -0.476 e. The standard InChI is InChI=1S/C13H18N2O3/c1-2-11(14)18-8-7-15-12(16)9-5-3-4-6-10(9)13(15)17/h2,9-10,14H,1,3-8H2. The van der Waals surface area contributed by atoms with Crippen molar-refractivity contribution in [2.75, 3.05) is 13.2 Å². The van der Waals surface area contributed by atoms with Crippen molar-refractivity contribution >= 4 is 17.7 Å². The van der Waals surface area contributed by atoms with E-state index in [0.717, 1.165) is 25.7 Å². The molecule has 0 radical (unpaired) electrons. The molecule has 2 fully saturated rings. The molecule has 2 rings (SSSR count). The third-order valence-electron chi connectivity index (χ3n) is 3.69. The summed E-state index contributed by atoms with van der Waals surface area (Å²) in [6, 6.07) is 0. The summed E-state index contributed by atoms with van der Waals surface area (Å²) in [6.07, 6.45) is 5.01. The molecule has 0 spiro atoms. The summed E-state index contributed by atoms with van der Waals surface area (Å²) >= 11 is 0. The Kier molecular flexibility index (Phi) is 3.79. The Balaban J connectivity index is 1.92. The summed E-state index contributed by atoms with van der Waals surface area (Å²) in [5.41, 5.74) is 0. The average molecular weight is 250 g/mol. The number of carbonyl (C=O) groups is 2. The minimum atomic E-state index is -0.106. The van der Waals surface area contributed by atoms with Gasteiger partial charge in [0, 0.05) is 0 Å². The van der Waals surface area contributed by atoms with Crippen molar-refractivity contribution in [1.29, 1.82) is 5.41 Å². The lowest BCUT2D eigenvalue weighted by Gasteiger charge is -2.19. The summed E-state index contributed by atoms with van der Waals surface area (Å²) < 4.78 is 5.02. The lowest BCUT2D eigenvalue weighted by molar-refractivity contribution is -0.140. The van der Waals surface area contributed by atoms with Crippen LogP contribution in [-0.2, 0) is 14.3 Å². The van der Waals surface area contributed by atoms with Crippen LogP contribution in [0.3, 0.4) is 0 Å². The van der Waals surface area contributed by atoms with E-state index in [0.29, 0.717) is 0 Å². The first-order chi connectivity index (χ1) is 8.65. The Labute approximate surface area is 106 Å². The maximum atomic E-state index is 12.1. The molecular weight excluding hydrogens is 232 g/mol. The molecule has 0 bridgehead atoms. The van der Waals surface area contributed by atoms with Crippen molar-refractivity contribution in [2.45, 2.75) is 25.7 Å². The molecule has 5 nitrogen and oxygen atoms in total. The first kappa shape index (κ1) is 12.8. The Morgan fingerprint density at radius 2 is 1.89 bits per heavy atom. The summed E-state index contributed by atoms with van der Waals surface area (Å²) in [6.45, 7) is 3.81. The van der Waals surface area contributed by atoms with Gasteiger partial charge in [0.05, 0.1) is 18.4 Å². The van der Waals surface area contributed by atoms with Crippen LogP contribution in [0.2, 0.25) is 0 Å². The molecule has 2 aliphatic rings. The van der Waals surface area contributed by atoms with Gasteiger partial charge in [-0.05, 0) is 18.9 Å². The molecule has 1 saturated carbocycles. The molecule has 5 heteroatoms. The van der Waals surface area contributed by atoms with Crippen molar-refractivity contribution < 1.29 is 14.3 Å². The van der Waals surface area contributed by atoms with Crippen LogP contribution in [0.4, 0.5) is 0 Å². The van der Waals surface area contributed by atoms with Crippen LogP contribution in [-0.4, -0.2) is 35.8 Å². The number of hydrogen-bond donors (Lipinski definition) is 1. The first-order valence-corrected chi connectivity index (χ1v) is 6.34. The number of rotatable bonds is 4. The number of imide groups is 1. The highest BCUT2D eigenvalue weighted by atomic mass is 16.5. The fraction of sp³-hybridized carbons (Fsp3) is 0.615. The van der Waals surface area contributed by atoms with Gasteiger partial charge >= 0.3 is 0 Å². The first-order valence-electron chi connectivity index (χ1n) is 6.34. The second-order valence-corrected chi connectivity index (χ2v) is 4.74. The lowest BCUT2D eigenvalue weighted by atomic mass is 9.81. The van der Waals surface area contributed by atoms with Crippen molar-refractivity contribution in [3.05, 3.63) is 12.7 Å². The minimum absolute atomic E-state index is 0.0356. The van der Waals surface area contributed by atoms with Crippen LogP contribution in [0.25, 0.3) is 0 Å². The molecule has 98 valence electrons. The van der Waals surface area contributed by atoms with Gasteiger partial charge < -0.3 is 4.74 Å². The summed E-state index contributed by atoms with van der Waals surface area (Å²) in [5.74, 6) is -0.362. The maximum absolute atomic E-state index is 12.1. The van der Waals surface area contributed by atoms with E-state index in [9.17, 15) is 9.59 Å². The number of hydrogen-bond acceptors (Lipinski definition) is 4. The van der Waals surface area contributed by atoms with Crippen molar-refractivity contribution in [2.24, 2.45) is 11.8 Å². The number of fused-ring (bicyclic) bond motifs is 1. The monoisotopic (exact) mass is 250 g/mol. The molecule has 1 N–H and O–H groups in total. The highest BCUT2D eigenvalue weighted by Gasteiger charge is 2.47. The smallest absolute Gasteiger partial charge is 0.233 e. The molecule has 2 unspecified atom stereocenters. The van der Waals surface area contributed by atoms with E-state index < -0.39 is 0 Å². The van der Waals surface area contributed by atoms with Crippen LogP contribution in [0.1, 0.15) is 25.7 Å². The van der Waals surface area contributed by atoms with Crippen LogP contribution in [0, 0.1) is 17.2 Å².